The average Bonchev–Trinajstić information content (AvgIpc) is 3.15. The van der Waals surface area contributed by atoms with Crippen molar-refractivity contribution in [1.29, 1.82) is 0 Å². The predicted octanol–water partition coefficient (Wildman–Crippen LogP) is 5.72. The first-order chi connectivity index (χ1) is 14.9. The second-order valence-electron chi connectivity index (χ2n) is 7.22. The van der Waals surface area contributed by atoms with Crippen molar-refractivity contribution in [1.82, 2.24) is 10.1 Å². The van der Waals surface area contributed by atoms with Crippen molar-refractivity contribution in [2.75, 3.05) is 6.54 Å². The highest BCUT2D eigenvalue weighted by atomic mass is 19.4. The van der Waals surface area contributed by atoms with Gasteiger partial charge in [-0.2, -0.15) is 26.3 Å². The van der Waals surface area contributed by atoms with Gasteiger partial charge in [-0.3, -0.25) is 4.79 Å². The average molecular weight is 458 g/mol. The highest BCUT2D eigenvalue weighted by Crippen LogP contribution is 2.37. The van der Waals surface area contributed by atoms with Crippen LogP contribution in [0.4, 0.5) is 30.7 Å². The summed E-state index contributed by atoms with van der Waals surface area (Å²) in [5, 5.41) is 3.87. The smallest absolute Gasteiger partial charge is 0.356 e. The zero-order valence-electron chi connectivity index (χ0n) is 16.0. The van der Waals surface area contributed by atoms with Gasteiger partial charge in [-0.15, -0.1) is 0 Å². The van der Waals surface area contributed by atoms with E-state index in [1.54, 1.807) is 0 Å². The molecule has 2 heterocycles. The van der Waals surface area contributed by atoms with Crippen LogP contribution in [-0.2, 0) is 25.3 Å². The number of alkyl halides is 6. The maximum absolute atomic E-state index is 13.1. The molecule has 168 valence electrons. The van der Waals surface area contributed by atoms with Crippen molar-refractivity contribution in [2.24, 2.45) is 0 Å². The molecule has 0 N–H and O–H groups in total. The lowest BCUT2D eigenvalue weighted by atomic mass is 9.99. The number of nitrogens with zero attached hydrogens (tertiary/aromatic N) is 2. The maximum Gasteiger partial charge on any atom is 0.416 e. The first-order valence-corrected chi connectivity index (χ1v) is 9.25. The Balaban J connectivity index is 1.63. The minimum Gasteiger partial charge on any atom is -0.356 e. The van der Waals surface area contributed by atoms with Gasteiger partial charge in [-0.05, 0) is 48.9 Å². The van der Waals surface area contributed by atoms with Crippen LogP contribution < -0.4 is 0 Å². The molecule has 0 spiro atoms. The van der Waals surface area contributed by atoms with Gasteiger partial charge in [0.05, 0.1) is 17.7 Å². The van der Waals surface area contributed by atoms with Gasteiger partial charge >= 0.3 is 12.4 Å². The fraction of sp³-hybridized carbons (Fsp3) is 0.238. The highest BCUT2D eigenvalue weighted by Gasteiger charge is 2.38. The lowest BCUT2D eigenvalue weighted by Crippen LogP contribution is -2.36. The molecule has 4 nitrogen and oxygen atoms in total. The fourth-order valence-electron chi connectivity index (χ4n) is 3.49. The molecule has 1 aromatic heterocycles. The van der Waals surface area contributed by atoms with E-state index in [4.69, 9.17) is 4.52 Å². The van der Waals surface area contributed by atoms with E-state index in [-0.39, 0.29) is 25.6 Å². The topological polar surface area (TPSA) is 46.3 Å². The SMILES string of the molecule is O=C(c1cc(C(F)(F)F)cc(C(F)(F)F)c1)N1CCc2c(noc2-c2ccc(F)cc2)C1. The highest BCUT2D eigenvalue weighted by molar-refractivity contribution is 5.95. The van der Waals surface area contributed by atoms with Gasteiger partial charge in [0.1, 0.15) is 11.5 Å². The first kappa shape index (κ1) is 21.8. The molecule has 1 aliphatic rings. The molecule has 0 saturated heterocycles. The van der Waals surface area contributed by atoms with Gasteiger partial charge in [0.15, 0.2) is 5.76 Å². The Bertz CT molecular complexity index is 1130. The molecule has 4 rings (SSSR count). The summed E-state index contributed by atoms with van der Waals surface area (Å²) in [6, 6.07) is 6.20. The summed E-state index contributed by atoms with van der Waals surface area (Å²) >= 11 is 0. The van der Waals surface area contributed by atoms with E-state index in [0.717, 1.165) is 4.90 Å². The molecule has 11 heteroatoms. The van der Waals surface area contributed by atoms with E-state index in [2.05, 4.69) is 5.16 Å². The van der Waals surface area contributed by atoms with E-state index in [1.807, 2.05) is 0 Å². The maximum atomic E-state index is 13.1. The van der Waals surface area contributed by atoms with E-state index in [0.29, 0.717) is 34.7 Å². The number of amides is 1. The number of hydrogen-bond acceptors (Lipinski definition) is 3. The number of carbonyl (C=O) groups is 1. The number of fused-ring (bicyclic) bond motifs is 1. The van der Waals surface area contributed by atoms with Crippen molar-refractivity contribution in [3.8, 4) is 11.3 Å². The Hall–Kier alpha value is -3.37. The van der Waals surface area contributed by atoms with Crippen molar-refractivity contribution >= 4 is 5.91 Å². The molecule has 1 amide bonds. The number of hydrogen-bond donors (Lipinski definition) is 0. The van der Waals surface area contributed by atoms with Gasteiger partial charge in [0, 0.05) is 23.2 Å². The summed E-state index contributed by atoms with van der Waals surface area (Å²) in [7, 11) is 0. The summed E-state index contributed by atoms with van der Waals surface area (Å²) in [5.41, 5.74) is -2.33. The van der Waals surface area contributed by atoms with E-state index >= 15 is 0 Å². The van der Waals surface area contributed by atoms with Crippen LogP contribution in [0.1, 0.15) is 32.7 Å². The standard InChI is InChI=1S/C21H13F7N2O2/c22-15-3-1-11(2-4-15)18-16-5-6-30(10-17(16)29-32-18)19(31)12-7-13(20(23,24)25)9-14(8-12)21(26,27)28/h1-4,7-9H,5-6,10H2. The molecule has 0 atom stereocenters. The van der Waals surface area contributed by atoms with Crippen LogP contribution >= 0.6 is 0 Å². The molecular formula is C21H13F7N2O2. The molecular weight excluding hydrogens is 445 g/mol. The molecule has 3 aromatic rings. The number of carbonyl (C=O) groups excluding carboxylic acids is 1. The Kier molecular flexibility index (Phi) is 5.22. The van der Waals surface area contributed by atoms with Crippen LogP contribution in [0, 0.1) is 5.82 Å². The molecule has 0 saturated carbocycles. The second kappa shape index (κ2) is 7.64. The minimum absolute atomic E-state index is 0.0266. The van der Waals surface area contributed by atoms with E-state index < -0.39 is 40.8 Å². The number of halogens is 7. The second-order valence-corrected chi connectivity index (χ2v) is 7.22. The third kappa shape index (κ3) is 4.19. The molecule has 0 unspecified atom stereocenters. The minimum atomic E-state index is -5.05. The monoisotopic (exact) mass is 458 g/mol. The molecule has 0 radical (unpaired) electrons. The predicted molar refractivity (Wildman–Crippen MR) is 96.8 cm³/mol. The van der Waals surface area contributed by atoms with Crippen LogP contribution in [0.5, 0.6) is 0 Å². The molecule has 0 bridgehead atoms. The summed E-state index contributed by atoms with van der Waals surface area (Å²) in [6.07, 6.45) is -9.90. The first-order valence-electron chi connectivity index (χ1n) is 9.25. The molecule has 0 aliphatic carbocycles. The van der Waals surface area contributed by atoms with Crippen LogP contribution in [-0.4, -0.2) is 22.5 Å². The van der Waals surface area contributed by atoms with Crippen molar-refractivity contribution in [2.45, 2.75) is 25.3 Å². The van der Waals surface area contributed by atoms with Gasteiger partial charge in [-0.25, -0.2) is 4.39 Å². The Labute approximate surface area is 176 Å². The largest absolute Gasteiger partial charge is 0.416 e. The van der Waals surface area contributed by atoms with Crippen LogP contribution in [0.25, 0.3) is 11.3 Å². The van der Waals surface area contributed by atoms with Gasteiger partial charge in [0.25, 0.3) is 5.91 Å². The van der Waals surface area contributed by atoms with Crippen molar-refractivity contribution in [3.05, 3.63) is 76.2 Å². The van der Waals surface area contributed by atoms with Crippen molar-refractivity contribution < 1.29 is 40.1 Å². The van der Waals surface area contributed by atoms with Gasteiger partial charge in [-0.1, -0.05) is 5.16 Å². The summed E-state index contributed by atoms with van der Waals surface area (Å²) in [4.78, 5) is 13.9. The molecule has 32 heavy (non-hydrogen) atoms. The van der Waals surface area contributed by atoms with E-state index in [1.165, 1.54) is 24.3 Å². The third-order valence-corrected chi connectivity index (χ3v) is 5.07. The molecule has 2 aromatic carbocycles. The Morgan fingerprint density at radius 1 is 0.938 bits per heavy atom. The summed E-state index contributed by atoms with van der Waals surface area (Å²) in [6.45, 7) is -0.130. The number of aromatic nitrogens is 1. The lowest BCUT2D eigenvalue weighted by molar-refractivity contribution is -0.143. The number of rotatable bonds is 2. The van der Waals surface area contributed by atoms with E-state index in [9.17, 15) is 35.5 Å². The van der Waals surface area contributed by atoms with Crippen LogP contribution in [0.2, 0.25) is 0 Å². The zero-order chi connectivity index (χ0) is 23.3. The van der Waals surface area contributed by atoms with Crippen LogP contribution in [0.3, 0.4) is 0 Å². The molecule has 1 aliphatic heterocycles. The Morgan fingerprint density at radius 3 is 2.09 bits per heavy atom. The normalized spacial score (nSPS) is 14.4. The summed E-state index contributed by atoms with van der Waals surface area (Å²) < 4.78 is 97.0. The summed E-state index contributed by atoms with van der Waals surface area (Å²) in [5.74, 6) is -1.07. The third-order valence-electron chi connectivity index (χ3n) is 5.07. The molecule has 0 fully saturated rings. The van der Waals surface area contributed by atoms with Crippen LogP contribution in [0.15, 0.2) is 47.0 Å². The number of benzene rings is 2. The van der Waals surface area contributed by atoms with Gasteiger partial charge < -0.3 is 9.42 Å². The quantitative estimate of drug-likeness (QED) is 0.462. The van der Waals surface area contributed by atoms with Gasteiger partial charge in [0.2, 0.25) is 0 Å². The lowest BCUT2D eigenvalue weighted by Gasteiger charge is -2.26. The zero-order valence-corrected chi connectivity index (χ0v) is 16.0. The fourth-order valence-corrected chi connectivity index (χ4v) is 3.49. The van der Waals surface area contributed by atoms with Crippen molar-refractivity contribution in [3.63, 3.8) is 0 Å². The Morgan fingerprint density at radius 2 is 1.53 bits per heavy atom.